The predicted molar refractivity (Wildman–Crippen MR) is 116 cm³/mol. The topological polar surface area (TPSA) is 89.9 Å². The first kappa shape index (κ1) is 22.4. The molecule has 2 aromatic rings. The number of aryl methyl sites for hydroxylation is 1. The number of ether oxygens (including phenoxy) is 2. The lowest BCUT2D eigenvalue weighted by Crippen LogP contribution is -2.41. The molecule has 1 unspecified atom stereocenters. The Morgan fingerprint density at radius 3 is 2.29 bits per heavy atom. The maximum atomic E-state index is 13.2. The van der Waals surface area contributed by atoms with E-state index in [2.05, 4.69) is 9.88 Å². The van der Waals surface area contributed by atoms with Gasteiger partial charge in [-0.25, -0.2) is 4.79 Å². The van der Waals surface area contributed by atoms with Crippen molar-refractivity contribution in [3.8, 4) is 11.5 Å². The van der Waals surface area contributed by atoms with Gasteiger partial charge < -0.3 is 19.4 Å². The molecule has 3 rings (SSSR count). The number of urea groups is 1. The summed E-state index contributed by atoms with van der Waals surface area (Å²) in [5.74, 6) is 0.189. The van der Waals surface area contributed by atoms with E-state index in [1.165, 1.54) is 14.2 Å². The van der Waals surface area contributed by atoms with E-state index in [0.717, 1.165) is 16.3 Å². The number of carbonyl (C=O) groups is 3. The minimum Gasteiger partial charge on any atom is -0.493 e. The fraction of sp³-hybridized carbons (Fsp3) is 0.435. The van der Waals surface area contributed by atoms with Gasteiger partial charge in [-0.2, -0.15) is 0 Å². The number of aromatic nitrogens is 1. The molecule has 31 heavy (non-hydrogen) atoms. The molecule has 2 heterocycles. The summed E-state index contributed by atoms with van der Waals surface area (Å²) in [4.78, 5) is 39.9. The summed E-state index contributed by atoms with van der Waals surface area (Å²) in [7, 11) is 3.02. The average Bonchev–Trinajstić information content (AvgIpc) is 3.15. The number of ketones is 1. The van der Waals surface area contributed by atoms with Crippen molar-refractivity contribution >= 4 is 17.7 Å². The van der Waals surface area contributed by atoms with Crippen LogP contribution in [-0.4, -0.2) is 48.0 Å². The fourth-order valence-corrected chi connectivity index (χ4v) is 4.27. The Bertz CT molecular complexity index is 1060. The van der Waals surface area contributed by atoms with Crippen molar-refractivity contribution in [2.45, 2.75) is 46.2 Å². The number of benzene rings is 1. The summed E-state index contributed by atoms with van der Waals surface area (Å²) in [6.07, 6.45) is 0. The van der Waals surface area contributed by atoms with Crippen molar-refractivity contribution in [2.24, 2.45) is 0 Å². The minimum absolute atomic E-state index is 0.201. The predicted octanol–water partition coefficient (Wildman–Crippen LogP) is 3.35. The van der Waals surface area contributed by atoms with Gasteiger partial charge in [0.2, 0.25) is 0 Å². The zero-order chi connectivity index (χ0) is 23.1. The van der Waals surface area contributed by atoms with Gasteiger partial charge in [-0.1, -0.05) is 6.07 Å². The van der Waals surface area contributed by atoms with E-state index >= 15 is 0 Å². The first-order valence-electron chi connectivity index (χ1n) is 10.1. The summed E-state index contributed by atoms with van der Waals surface area (Å²) in [6.45, 7) is 9.19. The van der Waals surface area contributed by atoms with E-state index in [4.69, 9.17) is 9.47 Å². The number of nitrogens with zero attached hydrogens (tertiary/aromatic N) is 2. The largest absolute Gasteiger partial charge is 0.493 e. The molecule has 1 fully saturated rings. The van der Waals surface area contributed by atoms with Crippen LogP contribution in [0.25, 0.3) is 0 Å². The van der Waals surface area contributed by atoms with Crippen molar-refractivity contribution in [3.63, 3.8) is 0 Å². The molecule has 0 aliphatic carbocycles. The number of imide groups is 1. The molecule has 0 spiro atoms. The number of hydrogen-bond donors (Lipinski definition) is 1. The maximum Gasteiger partial charge on any atom is 0.325 e. The highest BCUT2D eigenvalue weighted by atomic mass is 16.5. The summed E-state index contributed by atoms with van der Waals surface area (Å²) in [6, 6.07) is 6.43. The molecule has 0 bridgehead atoms. The van der Waals surface area contributed by atoms with Crippen LogP contribution in [0.5, 0.6) is 11.5 Å². The maximum absolute atomic E-state index is 13.2. The number of nitrogens with one attached hydrogen (secondary N) is 1. The Morgan fingerprint density at radius 1 is 1.10 bits per heavy atom. The van der Waals surface area contributed by atoms with Gasteiger partial charge in [0.15, 0.2) is 17.3 Å². The quantitative estimate of drug-likeness (QED) is 0.541. The Hall–Kier alpha value is -3.29. The third-order valence-electron chi connectivity index (χ3n) is 5.84. The Balaban J connectivity index is 1.89. The van der Waals surface area contributed by atoms with Gasteiger partial charge in [-0.05, 0) is 58.4 Å². The third kappa shape index (κ3) is 3.66. The Kier molecular flexibility index (Phi) is 5.85. The number of methoxy groups -OCH3 is 2. The molecule has 8 nitrogen and oxygen atoms in total. The van der Waals surface area contributed by atoms with E-state index in [0.29, 0.717) is 22.6 Å². The van der Waals surface area contributed by atoms with Gasteiger partial charge in [0.25, 0.3) is 5.91 Å². The molecule has 8 heteroatoms. The van der Waals surface area contributed by atoms with Gasteiger partial charge in [0.05, 0.1) is 20.8 Å². The van der Waals surface area contributed by atoms with Gasteiger partial charge in [0, 0.05) is 23.0 Å². The number of hydrogen-bond acceptors (Lipinski definition) is 5. The second-order valence-electron chi connectivity index (χ2n) is 8.19. The van der Waals surface area contributed by atoms with Crippen LogP contribution in [0.1, 0.15) is 54.1 Å². The molecule has 1 aromatic carbocycles. The highest BCUT2D eigenvalue weighted by molar-refractivity contribution is 6.11. The Morgan fingerprint density at radius 2 is 1.74 bits per heavy atom. The van der Waals surface area contributed by atoms with Crippen molar-refractivity contribution in [2.75, 3.05) is 20.8 Å². The van der Waals surface area contributed by atoms with Crippen molar-refractivity contribution < 1.29 is 23.9 Å². The van der Waals surface area contributed by atoms with E-state index in [1.807, 2.05) is 33.8 Å². The molecule has 1 atom stereocenters. The zero-order valence-corrected chi connectivity index (χ0v) is 19.0. The summed E-state index contributed by atoms with van der Waals surface area (Å²) < 4.78 is 12.6. The van der Waals surface area contributed by atoms with Gasteiger partial charge in [-0.15, -0.1) is 0 Å². The highest BCUT2D eigenvalue weighted by Crippen LogP contribution is 2.35. The lowest BCUT2D eigenvalue weighted by Gasteiger charge is -2.23. The number of amides is 3. The average molecular weight is 428 g/mol. The van der Waals surface area contributed by atoms with Crippen LogP contribution in [0.2, 0.25) is 0 Å². The zero-order valence-electron chi connectivity index (χ0n) is 19.0. The van der Waals surface area contributed by atoms with Crippen LogP contribution in [0.3, 0.4) is 0 Å². The van der Waals surface area contributed by atoms with Crippen LogP contribution in [0.15, 0.2) is 24.3 Å². The molecule has 166 valence electrons. The van der Waals surface area contributed by atoms with Crippen LogP contribution in [0.4, 0.5) is 4.79 Å². The van der Waals surface area contributed by atoms with Crippen LogP contribution >= 0.6 is 0 Å². The summed E-state index contributed by atoms with van der Waals surface area (Å²) >= 11 is 0. The molecule has 1 aliphatic rings. The van der Waals surface area contributed by atoms with Crippen LogP contribution in [0, 0.1) is 13.8 Å². The molecule has 1 N–H and O–H groups in total. The smallest absolute Gasteiger partial charge is 0.325 e. The number of carbonyl (C=O) groups excluding carboxylic acids is 3. The normalized spacial score (nSPS) is 18.5. The van der Waals surface area contributed by atoms with Crippen molar-refractivity contribution in [3.05, 3.63) is 46.8 Å². The van der Waals surface area contributed by atoms with E-state index in [9.17, 15) is 14.4 Å². The molecule has 0 saturated carbocycles. The van der Waals surface area contributed by atoms with Crippen LogP contribution < -0.4 is 14.8 Å². The van der Waals surface area contributed by atoms with E-state index in [-0.39, 0.29) is 18.4 Å². The lowest BCUT2D eigenvalue weighted by molar-refractivity contribution is -0.130. The van der Waals surface area contributed by atoms with Crippen molar-refractivity contribution in [1.29, 1.82) is 0 Å². The van der Waals surface area contributed by atoms with Crippen molar-refractivity contribution in [1.82, 2.24) is 14.8 Å². The SMILES string of the molecule is COc1ccc(C2(C)NC(=O)N(CC(=O)c3cc(C)n(C(C)C)c3C)C2=O)cc1OC. The second-order valence-corrected chi connectivity index (χ2v) is 8.19. The molecule has 3 amide bonds. The lowest BCUT2D eigenvalue weighted by atomic mass is 9.91. The summed E-state index contributed by atoms with van der Waals surface area (Å²) in [5.41, 5.74) is 1.53. The Labute approximate surface area is 182 Å². The van der Waals surface area contributed by atoms with E-state index in [1.54, 1.807) is 25.1 Å². The molecule has 1 aromatic heterocycles. The number of rotatable bonds is 7. The number of Topliss-reactive ketones (excluding diaryl/α,β-unsaturated/α-hetero) is 1. The minimum atomic E-state index is -1.31. The van der Waals surface area contributed by atoms with Crippen LogP contribution in [-0.2, 0) is 10.3 Å². The standard InChI is InChI=1S/C23H29N3O5/c1-13(2)26-14(3)10-17(15(26)4)18(27)12-25-21(28)23(5,24-22(25)29)16-8-9-19(30-6)20(11-16)31-7/h8-11,13H,12H2,1-7H3,(H,24,29). The second kappa shape index (κ2) is 8.09. The summed E-state index contributed by atoms with van der Waals surface area (Å²) in [5, 5.41) is 2.73. The highest BCUT2D eigenvalue weighted by Gasteiger charge is 2.49. The monoisotopic (exact) mass is 427 g/mol. The first-order valence-corrected chi connectivity index (χ1v) is 10.1. The molecule has 1 saturated heterocycles. The molecule has 1 aliphatic heterocycles. The van der Waals surface area contributed by atoms with Gasteiger partial charge in [-0.3, -0.25) is 14.5 Å². The molecular weight excluding hydrogens is 398 g/mol. The first-order chi connectivity index (χ1) is 14.5. The van der Waals surface area contributed by atoms with Gasteiger partial charge >= 0.3 is 6.03 Å². The third-order valence-corrected chi connectivity index (χ3v) is 5.84. The fourth-order valence-electron chi connectivity index (χ4n) is 4.27. The van der Waals surface area contributed by atoms with Gasteiger partial charge in [0.1, 0.15) is 5.54 Å². The van der Waals surface area contributed by atoms with E-state index < -0.39 is 17.5 Å². The molecule has 0 radical (unpaired) electrons. The molecular formula is C23H29N3O5.